The van der Waals surface area contributed by atoms with Gasteiger partial charge in [-0.15, -0.1) is 0 Å². The van der Waals surface area contributed by atoms with E-state index in [1.54, 1.807) is 13.2 Å². The van der Waals surface area contributed by atoms with Crippen molar-refractivity contribution in [3.63, 3.8) is 0 Å². The molecule has 2 rings (SSSR count). The quantitative estimate of drug-likeness (QED) is 0.740. The van der Waals surface area contributed by atoms with Crippen LogP contribution in [0.2, 0.25) is 0 Å². The van der Waals surface area contributed by atoms with E-state index >= 15 is 0 Å². The first kappa shape index (κ1) is 13.0. The number of hydrogen-bond donors (Lipinski definition) is 2. The fraction of sp³-hybridized carbons (Fsp3) is 0.333. The fourth-order valence-corrected chi connectivity index (χ4v) is 1.54. The van der Waals surface area contributed by atoms with E-state index < -0.39 is 0 Å². The zero-order valence-electron chi connectivity index (χ0n) is 10.7. The Labute approximate surface area is 111 Å². The lowest BCUT2D eigenvalue weighted by atomic mass is 10.3. The summed E-state index contributed by atoms with van der Waals surface area (Å²) in [6.45, 7) is 1.35. The molecule has 0 saturated carbocycles. The molecule has 0 bridgehead atoms. The maximum absolute atomic E-state index is 11.7. The molecule has 100 valence electrons. The summed E-state index contributed by atoms with van der Waals surface area (Å²) in [6.07, 6.45) is 7.42. The van der Waals surface area contributed by atoms with Crippen molar-refractivity contribution in [3.8, 4) is 0 Å². The number of amides is 1. The molecule has 0 atom stereocenters. The van der Waals surface area contributed by atoms with Gasteiger partial charge in [0.15, 0.2) is 0 Å². The predicted octanol–water partition coefficient (Wildman–Crippen LogP) is 0.535. The van der Waals surface area contributed by atoms with Crippen molar-refractivity contribution in [3.05, 3.63) is 36.5 Å². The molecule has 2 aromatic rings. The second-order valence-electron chi connectivity index (χ2n) is 3.92. The summed E-state index contributed by atoms with van der Waals surface area (Å²) in [6, 6.07) is 1.87. The van der Waals surface area contributed by atoms with Crippen molar-refractivity contribution < 1.29 is 4.79 Å². The first-order valence-corrected chi connectivity index (χ1v) is 6.05. The van der Waals surface area contributed by atoms with E-state index in [2.05, 4.69) is 25.7 Å². The van der Waals surface area contributed by atoms with Crippen LogP contribution in [0.25, 0.3) is 0 Å². The molecule has 7 heteroatoms. The number of aryl methyl sites for hydroxylation is 1. The van der Waals surface area contributed by atoms with Crippen molar-refractivity contribution >= 4 is 11.7 Å². The van der Waals surface area contributed by atoms with Crippen LogP contribution in [0, 0.1) is 0 Å². The van der Waals surface area contributed by atoms with Gasteiger partial charge in [-0.1, -0.05) is 0 Å². The lowest BCUT2D eigenvalue weighted by Crippen LogP contribution is -2.26. The monoisotopic (exact) mass is 260 g/mol. The van der Waals surface area contributed by atoms with E-state index in [-0.39, 0.29) is 5.91 Å². The van der Waals surface area contributed by atoms with Gasteiger partial charge < -0.3 is 10.6 Å². The van der Waals surface area contributed by atoms with Gasteiger partial charge in [-0.05, 0) is 12.5 Å². The van der Waals surface area contributed by atoms with Crippen molar-refractivity contribution in [1.29, 1.82) is 0 Å². The van der Waals surface area contributed by atoms with Gasteiger partial charge >= 0.3 is 0 Å². The minimum atomic E-state index is -0.212. The van der Waals surface area contributed by atoms with Crippen molar-refractivity contribution in [2.45, 2.75) is 13.0 Å². The average Bonchev–Trinajstić information content (AvgIpc) is 2.96. The second kappa shape index (κ2) is 6.48. The number of nitrogens with zero attached hydrogens (tertiary/aromatic N) is 4. The Morgan fingerprint density at radius 2 is 2.26 bits per heavy atom. The SMILES string of the molecule is CNc1cnc(C(=O)NCCCn2cccn2)cn1. The summed E-state index contributed by atoms with van der Waals surface area (Å²) in [7, 11) is 1.75. The summed E-state index contributed by atoms with van der Waals surface area (Å²) in [5, 5.41) is 9.73. The van der Waals surface area contributed by atoms with Gasteiger partial charge in [0.25, 0.3) is 5.91 Å². The van der Waals surface area contributed by atoms with Crippen LogP contribution in [0.3, 0.4) is 0 Å². The minimum Gasteiger partial charge on any atom is -0.372 e. The van der Waals surface area contributed by atoms with Gasteiger partial charge in [-0.3, -0.25) is 9.48 Å². The third-order valence-corrected chi connectivity index (χ3v) is 2.55. The van der Waals surface area contributed by atoms with E-state index in [1.807, 2.05) is 16.9 Å². The largest absolute Gasteiger partial charge is 0.372 e. The van der Waals surface area contributed by atoms with Crippen LogP contribution < -0.4 is 10.6 Å². The molecule has 2 N–H and O–H groups in total. The van der Waals surface area contributed by atoms with E-state index in [9.17, 15) is 4.79 Å². The highest BCUT2D eigenvalue weighted by molar-refractivity contribution is 5.91. The smallest absolute Gasteiger partial charge is 0.271 e. The summed E-state index contributed by atoms with van der Waals surface area (Å²) in [4.78, 5) is 19.8. The van der Waals surface area contributed by atoms with Crippen LogP contribution in [0.5, 0.6) is 0 Å². The second-order valence-corrected chi connectivity index (χ2v) is 3.92. The van der Waals surface area contributed by atoms with E-state index in [1.165, 1.54) is 12.4 Å². The summed E-state index contributed by atoms with van der Waals surface area (Å²) >= 11 is 0. The molecule has 7 nitrogen and oxygen atoms in total. The predicted molar refractivity (Wildman–Crippen MR) is 70.8 cm³/mol. The molecule has 1 amide bonds. The maximum atomic E-state index is 11.7. The third kappa shape index (κ3) is 3.77. The normalized spacial score (nSPS) is 10.2. The highest BCUT2D eigenvalue weighted by Crippen LogP contribution is 1.99. The first-order chi connectivity index (χ1) is 9.29. The number of carbonyl (C=O) groups excluding carboxylic acids is 1. The van der Waals surface area contributed by atoms with Gasteiger partial charge in [0.2, 0.25) is 0 Å². The zero-order chi connectivity index (χ0) is 13.5. The Morgan fingerprint density at radius 3 is 2.89 bits per heavy atom. The summed E-state index contributed by atoms with van der Waals surface area (Å²) in [5.74, 6) is 0.422. The summed E-state index contributed by atoms with van der Waals surface area (Å²) in [5.41, 5.74) is 0.318. The van der Waals surface area contributed by atoms with Crippen molar-refractivity contribution in [1.82, 2.24) is 25.1 Å². The number of aromatic nitrogens is 4. The first-order valence-electron chi connectivity index (χ1n) is 6.05. The molecule has 0 aliphatic rings. The van der Waals surface area contributed by atoms with E-state index in [0.717, 1.165) is 13.0 Å². The highest BCUT2D eigenvalue weighted by atomic mass is 16.1. The molecular formula is C12H16N6O. The Bertz CT molecular complexity index is 508. The van der Waals surface area contributed by atoms with Gasteiger partial charge in [0.1, 0.15) is 11.5 Å². The Kier molecular flexibility index (Phi) is 4.44. The van der Waals surface area contributed by atoms with E-state index in [0.29, 0.717) is 18.1 Å². The molecule has 0 aliphatic carbocycles. The lowest BCUT2D eigenvalue weighted by molar-refractivity contribution is 0.0947. The number of rotatable bonds is 6. The molecule has 0 aromatic carbocycles. The molecule has 0 fully saturated rings. The van der Waals surface area contributed by atoms with E-state index in [4.69, 9.17) is 0 Å². The molecule has 0 aliphatic heterocycles. The number of nitrogens with one attached hydrogen (secondary N) is 2. The molecule has 0 unspecified atom stereocenters. The van der Waals surface area contributed by atoms with Crippen LogP contribution in [0.1, 0.15) is 16.9 Å². The Balaban J connectivity index is 1.74. The molecule has 0 radical (unpaired) electrons. The minimum absolute atomic E-state index is 0.212. The van der Waals surface area contributed by atoms with Crippen LogP contribution >= 0.6 is 0 Å². The maximum Gasteiger partial charge on any atom is 0.271 e. The fourth-order valence-electron chi connectivity index (χ4n) is 1.54. The van der Waals surface area contributed by atoms with Gasteiger partial charge in [-0.2, -0.15) is 5.10 Å². The van der Waals surface area contributed by atoms with Crippen molar-refractivity contribution in [2.24, 2.45) is 0 Å². The van der Waals surface area contributed by atoms with Crippen LogP contribution in [-0.2, 0) is 6.54 Å². The molecule has 19 heavy (non-hydrogen) atoms. The van der Waals surface area contributed by atoms with Crippen LogP contribution in [0.4, 0.5) is 5.82 Å². The Hall–Kier alpha value is -2.44. The van der Waals surface area contributed by atoms with Gasteiger partial charge in [0.05, 0.1) is 12.4 Å². The van der Waals surface area contributed by atoms with Crippen LogP contribution in [0.15, 0.2) is 30.9 Å². The zero-order valence-corrected chi connectivity index (χ0v) is 10.7. The molecular weight excluding hydrogens is 244 g/mol. The molecule has 2 aromatic heterocycles. The van der Waals surface area contributed by atoms with Crippen molar-refractivity contribution in [2.75, 3.05) is 18.9 Å². The van der Waals surface area contributed by atoms with Gasteiger partial charge in [0, 0.05) is 32.5 Å². The number of anilines is 1. The Morgan fingerprint density at radius 1 is 1.37 bits per heavy atom. The highest BCUT2D eigenvalue weighted by Gasteiger charge is 2.06. The van der Waals surface area contributed by atoms with Crippen LogP contribution in [-0.4, -0.2) is 39.2 Å². The molecule has 2 heterocycles. The molecule has 0 saturated heterocycles. The summed E-state index contributed by atoms with van der Waals surface area (Å²) < 4.78 is 1.83. The standard InChI is InChI=1S/C12H16N6O/c1-13-11-9-15-10(8-16-11)12(19)14-4-2-6-18-7-3-5-17-18/h3,5,7-9H,2,4,6H2,1H3,(H,13,16)(H,14,19). The lowest BCUT2D eigenvalue weighted by Gasteiger charge is -2.05. The molecule has 0 spiro atoms. The average molecular weight is 260 g/mol. The number of hydrogen-bond acceptors (Lipinski definition) is 5. The topological polar surface area (TPSA) is 84.7 Å². The van der Waals surface area contributed by atoms with Gasteiger partial charge in [-0.25, -0.2) is 9.97 Å². The number of carbonyl (C=O) groups is 1. The third-order valence-electron chi connectivity index (χ3n) is 2.55.